The molecule has 0 radical (unpaired) electrons. The average molecular weight is 735 g/mol. The van der Waals surface area contributed by atoms with Crippen molar-refractivity contribution >= 4 is 28.8 Å². The third-order valence-electron chi connectivity index (χ3n) is 8.30. The van der Waals surface area contributed by atoms with Gasteiger partial charge in [-0.05, 0) is 67.1 Å². The number of ether oxygens (including phenoxy) is 7. The predicted octanol–water partition coefficient (Wildman–Crippen LogP) is 9.88. The van der Waals surface area contributed by atoms with Gasteiger partial charge >= 0.3 is 6.03 Å². The Morgan fingerprint density at radius 3 is 1.57 bits per heavy atom. The van der Waals surface area contributed by atoms with Crippen LogP contribution >= 0.6 is 0 Å². The number of hydrogen-bond donors (Lipinski definition) is 2. The van der Waals surface area contributed by atoms with Crippen molar-refractivity contribution in [2.24, 2.45) is 10.2 Å². The lowest BCUT2D eigenvalue weighted by atomic mass is 10.1. The highest BCUT2D eigenvalue weighted by atomic mass is 16.6. The first-order chi connectivity index (χ1) is 26.2. The average Bonchev–Trinajstić information content (AvgIpc) is 3.17. The van der Waals surface area contributed by atoms with Crippen molar-refractivity contribution in [1.82, 2.24) is 0 Å². The summed E-state index contributed by atoms with van der Waals surface area (Å²) in [6.07, 6.45) is 13.1. The second-order valence-corrected chi connectivity index (χ2v) is 12.7. The van der Waals surface area contributed by atoms with Crippen molar-refractivity contribution in [3.8, 4) is 17.2 Å². The number of amides is 2. The molecule has 3 aromatic carbocycles. The van der Waals surface area contributed by atoms with E-state index in [0.717, 1.165) is 24.5 Å². The summed E-state index contributed by atoms with van der Waals surface area (Å²) < 4.78 is 39.9. The first kappa shape index (κ1) is 41.5. The topological polar surface area (TPSA) is 130 Å². The molecule has 2 N–H and O–H groups in total. The summed E-state index contributed by atoms with van der Waals surface area (Å²) in [6, 6.07) is 19.6. The molecule has 1 heterocycles. The molecular weight excluding hydrogens is 676 g/mol. The molecule has 4 rings (SSSR count). The Hall–Kier alpha value is -4.23. The molecular formula is C41H58N4O8. The maximum atomic E-state index is 12.8. The molecule has 0 saturated heterocycles. The van der Waals surface area contributed by atoms with Gasteiger partial charge in [0.2, 0.25) is 0 Å². The second kappa shape index (κ2) is 26.5. The van der Waals surface area contributed by atoms with Crippen molar-refractivity contribution < 1.29 is 38.0 Å². The number of anilines is 2. The van der Waals surface area contributed by atoms with Crippen molar-refractivity contribution in [1.29, 1.82) is 0 Å². The molecule has 0 saturated carbocycles. The number of azo groups is 1. The number of rotatable bonds is 16. The van der Waals surface area contributed by atoms with E-state index < -0.39 is 6.03 Å². The van der Waals surface area contributed by atoms with Gasteiger partial charge in [0.05, 0.1) is 70.8 Å². The zero-order valence-corrected chi connectivity index (χ0v) is 31.4. The van der Waals surface area contributed by atoms with Crippen LogP contribution in [0.1, 0.15) is 71.1 Å². The molecule has 0 atom stereocenters. The lowest BCUT2D eigenvalue weighted by Crippen LogP contribution is -2.19. The van der Waals surface area contributed by atoms with E-state index >= 15 is 0 Å². The number of nitrogens with one attached hydrogen (secondary N) is 2. The van der Waals surface area contributed by atoms with E-state index in [1.807, 2.05) is 24.3 Å². The largest absolute Gasteiger partial charge is 0.494 e. The van der Waals surface area contributed by atoms with Crippen LogP contribution in [0.5, 0.6) is 17.2 Å². The van der Waals surface area contributed by atoms with Crippen molar-refractivity contribution in [2.75, 3.05) is 83.3 Å². The highest BCUT2D eigenvalue weighted by Gasteiger charge is 2.11. The van der Waals surface area contributed by atoms with Gasteiger partial charge in [0.25, 0.3) is 0 Å². The van der Waals surface area contributed by atoms with Gasteiger partial charge in [-0.1, -0.05) is 64.7 Å². The highest BCUT2D eigenvalue weighted by Crippen LogP contribution is 2.31. The molecule has 290 valence electrons. The van der Waals surface area contributed by atoms with Crippen LogP contribution in [0.2, 0.25) is 0 Å². The zero-order valence-electron chi connectivity index (χ0n) is 31.4. The van der Waals surface area contributed by atoms with Crippen LogP contribution in [0, 0.1) is 0 Å². The van der Waals surface area contributed by atoms with Crippen LogP contribution in [-0.2, 0) is 18.9 Å². The Morgan fingerprint density at radius 2 is 1.00 bits per heavy atom. The molecule has 0 bridgehead atoms. The minimum atomic E-state index is -0.408. The molecule has 0 fully saturated rings. The lowest BCUT2D eigenvalue weighted by Gasteiger charge is -2.15. The van der Waals surface area contributed by atoms with Crippen molar-refractivity contribution in [2.45, 2.75) is 71.1 Å². The molecule has 3 aromatic rings. The minimum Gasteiger partial charge on any atom is -0.494 e. The quantitative estimate of drug-likeness (QED) is 0.110. The summed E-state index contributed by atoms with van der Waals surface area (Å²) in [7, 11) is 0. The lowest BCUT2D eigenvalue weighted by molar-refractivity contribution is -0.00841. The predicted molar refractivity (Wildman–Crippen MR) is 208 cm³/mol. The monoisotopic (exact) mass is 734 g/mol. The summed E-state index contributed by atoms with van der Waals surface area (Å²) in [5.74, 6) is 1.86. The summed E-state index contributed by atoms with van der Waals surface area (Å²) in [5.41, 5.74) is 2.53. The van der Waals surface area contributed by atoms with E-state index in [1.54, 1.807) is 42.5 Å². The molecule has 53 heavy (non-hydrogen) atoms. The fourth-order valence-electron chi connectivity index (χ4n) is 5.41. The Morgan fingerprint density at radius 1 is 0.547 bits per heavy atom. The van der Waals surface area contributed by atoms with E-state index in [2.05, 4.69) is 27.8 Å². The highest BCUT2D eigenvalue weighted by molar-refractivity contribution is 6.00. The van der Waals surface area contributed by atoms with E-state index in [-0.39, 0.29) is 0 Å². The third kappa shape index (κ3) is 18.4. The molecule has 1 aliphatic heterocycles. The molecule has 2 amide bonds. The number of fused-ring (bicyclic) bond motifs is 1. The van der Waals surface area contributed by atoms with Crippen LogP contribution in [0.15, 0.2) is 77.0 Å². The summed E-state index contributed by atoms with van der Waals surface area (Å²) in [5, 5.41) is 14.4. The smallest absolute Gasteiger partial charge is 0.323 e. The maximum absolute atomic E-state index is 12.8. The molecule has 12 heteroatoms. The number of nitrogens with zero attached hydrogens (tertiary/aromatic N) is 2. The van der Waals surface area contributed by atoms with Crippen LogP contribution in [0.25, 0.3) is 0 Å². The first-order valence-corrected chi connectivity index (χ1v) is 19.2. The van der Waals surface area contributed by atoms with Crippen LogP contribution in [-0.4, -0.2) is 78.7 Å². The Labute approximate surface area is 314 Å². The van der Waals surface area contributed by atoms with Crippen LogP contribution < -0.4 is 24.8 Å². The summed E-state index contributed by atoms with van der Waals surface area (Å²) in [4.78, 5) is 12.8. The van der Waals surface area contributed by atoms with Crippen LogP contribution in [0.4, 0.5) is 27.5 Å². The van der Waals surface area contributed by atoms with Crippen LogP contribution in [0.3, 0.4) is 0 Å². The number of hydrogen-bond acceptors (Lipinski definition) is 10. The van der Waals surface area contributed by atoms with E-state index in [9.17, 15) is 4.79 Å². The summed E-state index contributed by atoms with van der Waals surface area (Å²) >= 11 is 0. The van der Waals surface area contributed by atoms with Gasteiger partial charge < -0.3 is 43.8 Å². The Kier molecular flexibility index (Phi) is 20.8. The SMILES string of the molecule is CCCCCCCCCCCCOc1ccc(N=Nc2ccc(NC(=O)Nc3ccc4c(c3)OCCOCCOCCOCCOCCO4)cc2)cc1. The Bertz CT molecular complexity index is 1440. The third-order valence-corrected chi connectivity index (χ3v) is 8.30. The fourth-order valence-corrected chi connectivity index (χ4v) is 5.41. The molecule has 0 spiro atoms. The van der Waals surface area contributed by atoms with Gasteiger partial charge in [0, 0.05) is 17.4 Å². The van der Waals surface area contributed by atoms with Crippen molar-refractivity contribution in [3.63, 3.8) is 0 Å². The molecule has 0 unspecified atom stereocenters. The fraction of sp³-hybridized carbons (Fsp3) is 0.537. The van der Waals surface area contributed by atoms with Gasteiger partial charge in [-0.3, -0.25) is 0 Å². The minimum absolute atomic E-state index is 0.300. The number of unbranched alkanes of at least 4 members (excludes halogenated alkanes) is 9. The van der Waals surface area contributed by atoms with E-state index in [0.29, 0.717) is 94.6 Å². The molecule has 1 aliphatic rings. The molecule has 0 aliphatic carbocycles. The van der Waals surface area contributed by atoms with Gasteiger partial charge in [-0.15, -0.1) is 0 Å². The number of urea groups is 1. The second-order valence-electron chi connectivity index (χ2n) is 12.7. The zero-order chi connectivity index (χ0) is 37.0. The van der Waals surface area contributed by atoms with E-state index in [4.69, 9.17) is 33.2 Å². The van der Waals surface area contributed by atoms with Crippen molar-refractivity contribution in [3.05, 3.63) is 66.7 Å². The number of benzene rings is 3. The van der Waals surface area contributed by atoms with Gasteiger partial charge in [-0.25, -0.2) is 4.79 Å². The standard InChI is InChI=1S/C41H58N4O8/c1-2-3-4-5-6-7-8-9-10-11-22-51-38-19-16-36(17-20-38)45-44-35-14-12-34(13-15-35)42-41(46)43-37-18-21-39-40(33-37)53-32-30-50-28-26-48-24-23-47-25-27-49-29-31-52-39/h12-21,33H,2-11,22-32H2,1H3,(H2,42,43,46). The van der Waals surface area contributed by atoms with Gasteiger partial charge in [0.1, 0.15) is 19.0 Å². The summed E-state index contributed by atoms with van der Waals surface area (Å²) in [6.45, 7) is 7.27. The Balaban J connectivity index is 1.17. The first-order valence-electron chi connectivity index (χ1n) is 19.2. The molecule has 12 nitrogen and oxygen atoms in total. The maximum Gasteiger partial charge on any atom is 0.323 e. The van der Waals surface area contributed by atoms with Gasteiger partial charge in [-0.2, -0.15) is 10.2 Å². The number of carbonyl (C=O) groups is 1. The van der Waals surface area contributed by atoms with E-state index in [1.165, 1.54) is 57.8 Å². The normalized spacial score (nSPS) is 15.0. The number of carbonyl (C=O) groups excluding carboxylic acids is 1. The van der Waals surface area contributed by atoms with Gasteiger partial charge in [0.15, 0.2) is 11.5 Å². The molecule has 0 aromatic heterocycles.